The second-order valence-electron chi connectivity index (χ2n) is 6.44. The van der Waals surface area contributed by atoms with Crippen LogP contribution in [0.5, 0.6) is 0 Å². The minimum atomic E-state index is -0.119. The SMILES string of the molecule is CC1CCC(CNCC(C)C(=O)OCc2ccccc2)C1. The lowest BCUT2D eigenvalue weighted by atomic mass is 10.1. The molecule has 21 heavy (non-hydrogen) atoms. The fourth-order valence-electron chi connectivity index (χ4n) is 2.97. The van der Waals surface area contributed by atoms with Gasteiger partial charge in [-0.25, -0.2) is 0 Å². The van der Waals surface area contributed by atoms with Gasteiger partial charge >= 0.3 is 5.97 Å². The predicted octanol–water partition coefficient (Wildman–Crippen LogP) is 3.39. The summed E-state index contributed by atoms with van der Waals surface area (Å²) >= 11 is 0. The minimum Gasteiger partial charge on any atom is -0.461 e. The second-order valence-corrected chi connectivity index (χ2v) is 6.44. The summed E-state index contributed by atoms with van der Waals surface area (Å²) in [5, 5.41) is 3.43. The van der Waals surface area contributed by atoms with Crippen molar-refractivity contribution in [2.24, 2.45) is 17.8 Å². The second kappa shape index (κ2) is 8.18. The average Bonchev–Trinajstić information content (AvgIpc) is 2.91. The van der Waals surface area contributed by atoms with Crippen molar-refractivity contribution in [2.45, 2.75) is 39.7 Å². The Morgan fingerprint density at radius 3 is 2.76 bits per heavy atom. The molecule has 1 aromatic rings. The topological polar surface area (TPSA) is 38.3 Å². The summed E-state index contributed by atoms with van der Waals surface area (Å²) in [6, 6.07) is 9.81. The van der Waals surface area contributed by atoms with E-state index in [0.29, 0.717) is 13.2 Å². The maximum absolute atomic E-state index is 11.9. The van der Waals surface area contributed by atoms with Gasteiger partial charge in [0, 0.05) is 6.54 Å². The smallest absolute Gasteiger partial charge is 0.310 e. The molecule has 3 heteroatoms. The van der Waals surface area contributed by atoms with E-state index >= 15 is 0 Å². The molecule has 0 aliphatic heterocycles. The van der Waals surface area contributed by atoms with Gasteiger partial charge in [0.05, 0.1) is 5.92 Å². The largest absolute Gasteiger partial charge is 0.461 e. The highest BCUT2D eigenvalue weighted by molar-refractivity contribution is 5.72. The van der Waals surface area contributed by atoms with Gasteiger partial charge in [-0.15, -0.1) is 0 Å². The van der Waals surface area contributed by atoms with E-state index in [9.17, 15) is 4.79 Å². The van der Waals surface area contributed by atoms with E-state index in [1.807, 2.05) is 37.3 Å². The monoisotopic (exact) mass is 289 g/mol. The first-order chi connectivity index (χ1) is 10.1. The zero-order chi connectivity index (χ0) is 15.1. The molecule has 1 fully saturated rings. The molecule has 1 aliphatic rings. The van der Waals surface area contributed by atoms with E-state index < -0.39 is 0 Å². The van der Waals surface area contributed by atoms with E-state index in [0.717, 1.165) is 23.9 Å². The summed E-state index contributed by atoms with van der Waals surface area (Å²) in [5.74, 6) is 1.44. The van der Waals surface area contributed by atoms with Gasteiger partial charge in [-0.2, -0.15) is 0 Å². The fraction of sp³-hybridized carbons (Fsp3) is 0.611. The Bertz CT molecular complexity index is 432. The molecule has 3 nitrogen and oxygen atoms in total. The zero-order valence-corrected chi connectivity index (χ0v) is 13.2. The van der Waals surface area contributed by atoms with Crippen LogP contribution in [-0.2, 0) is 16.1 Å². The highest BCUT2D eigenvalue weighted by Crippen LogP contribution is 2.29. The number of hydrogen-bond donors (Lipinski definition) is 1. The van der Waals surface area contributed by atoms with Crippen LogP contribution in [0.1, 0.15) is 38.7 Å². The van der Waals surface area contributed by atoms with Crippen molar-refractivity contribution in [3.05, 3.63) is 35.9 Å². The summed E-state index contributed by atoms with van der Waals surface area (Å²) in [5.41, 5.74) is 1.03. The summed E-state index contributed by atoms with van der Waals surface area (Å²) in [6.45, 7) is 6.35. The zero-order valence-electron chi connectivity index (χ0n) is 13.2. The van der Waals surface area contributed by atoms with E-state index in [2.05, 4.69) is 12.2 Å². The van der Waals surface area contributed by atoms with Gasteiger partial charge in [-0.3, -0.25) is 4.79 Å². The highest BCUT2D eigenvalue weighted by Gasteiger charge is 2.21. The van der Waals surface area contributed by atoms with Crippen molar-refractivity contribution in [1.82, 2.24) is 5.32 Å². The van der Waals surface area contributed by atoms with Crippen molar-refractivity contribution in [3.8, 4) is 0 Å². The third kappa shape index (κ3) is 5.50. The van der Waals surface area contributed by atoms with Crippen LogP contribution in [0.4, 0.5) is 0 Å². The van der Waals surface area contributed by atoms with Crippen LogP contribution in [0.25, 0.3) is 0 Å². The van der Waals surface area contributed by atoms with Crippen molar-refractivity contribution in [2.75, 3.05) is 13.1 Å². The molecule has 0 saturated heterocycles. The van der Waals surface area contributed by atoms with E-state index in [1.165, 1.54) is 19.3 Å². The highest BCUT2D eigenvalue weighted by atomic mass is 16.5. The number of nitrogens with one attached hydrogen (secondary N) is 1. The lowest BCUT2D eigenvalue weighted by molar-refractivity contribution is -0.149. The van der Waals surface area contributed by atoms with Crippen molar-refractivity contribution >= 4 is 5.97 Å². The molecular weight excluding hydrogens is 262 g/mol. The third-order valence-electron chi connectivity index (χ3n) is 4.31. The van der Waals surface area contributed by atoms with Gasteiger partial charge in [0.15, 0.2) is 0 Å². The van der Waals surface area contributed by atoms with Crippen LogP contribution in [0.3, 0.4) is 0 Å². The molecule has 0 spiro atoms. The molecule has 1 aliphatic carbocycles. The lowest BCUT2D eigenvalue weighted by Gasteiger charge is -2.15. The maximum Gasteiger partial charge on any atom is 0.310 e. The Morgan fingerprint density at radius 2 is 2.10 bits per heavy atom. The summed E-state index contributed by atoms with van der Waals surface area (Å²) in [7, 11) is 0. The van der Waals surface area contributed by atoms with Crippen LogP contribution in [0.15, 0.2) is 30.3 Å². The predicted molar refractivity (Wildman–Crippen MR) is 84.8 cm³/mol. The van der Waals surface area contributed by atoms with Crippen LogP contribution in [-0.4, -0.2) is 19.1 Å². The summed E-state index contributed by atoms with van der Waals surface area (Å²) < 4.78 is 5.35. The molecule has 3 unspecified atom stereocenters. The Hall–Kier alpha value is -1.35. The number of ether oxygens (including phenoxy) is 1. The molecule has 0 heterocycles. The van der Waals surface area contributed by atoms with E-state index in [1.54, 1.807) is 0 Å². The van der Waals surface area contributed by atoms with E-state index in [-0.39, 0.29) is 11.9 Å². The number of benzene rings is 1. The van der Waals surface area contributed by atoms with Crippen LogP contribution >= 0.6 is 0 Å². The van der Waals surface area contributed by atoms with Gasteiger partial charge in [0.2, 0.25) is 0 Å². The fourth-order valence-corrected chi connectivity index (χ4v) is 2.97. The summed E-state index contributed by atoms with van der Waals surface area (Å²) in [6.07, 6.45) is 3.99. The van der Waals surface area contributed by atoms with Gasteiger partial charge in [0.25, 0.3) is 0 Å². The molecule has 1 saturated carbocycles. The van der Waals surface area contributed by atoms with Gasteiger partial charge < -0.3 is 10.1 Å². The van der Waals surface area contributed by atoms with E-state index in [4.69, 9.17) is 4.74 Å². The molecule has 3 atom stereocenters. The normalized spacial score (nSPS) is 23.0. The van der Waals surface area contributed by atoms with Crippen molar-refractivity contribution < 1.29 is 9.53 Å². The van der Waals surface area contributed by atoms with Crippen molar-refractivity contribution in [3.63, 3.8) is 0 Å². The molecule has 116 valence electrons. The number of rotatable bonds is 7. The average molecular weight is 289 g/mol. The molecule has 2 rings (SSSR count). The molecule has 1 aromatic carbocycles. The molecule has 0 aromatic heterocycles. The first kappa shape index (κ1) is 16.0. The molecular formula is C18H27NO2. The van der Waals surface area contributed by atoms with Gasteiger partial charge in [0.1, 0.15) is 6.61 Å². The first-order valence-electron chi connectivity index (χ1n) is 8.06. The van der Waals surface area contributed by atoms with Crippen LogP contribution in [0.2, 0.25) is 0 Å². The summed E-state index contributed by atoms with van der Waals surface area (Å²) in [4.78, 5) is 11.9. The van der Waals surface area contributed by atoms with Crippen LogP contribution in [0, 0.1) is 17.8 Å². The quantitative estimate of drug-likeness (QED) is 0.782. The standard InChI is InChI=1S/C18H27NO2/c1-14-8-9-17(10-14)12-19-11-15(2)18(20)21-13-16-6-4-3-5-7-16/h3-7,14-15,17,19H,8-13H2,1-2H3. The first-order valence-corrected chi connectivity index (χ1v) is 8.06. The van der Waals surface area contributed by atoms with Gasteiger partial charge in [-0.05, 0) is 36.8 Å². The Kier molecular flexibility index (Phi) is 6.24. The third-order valence-corrected chi connectivity index (χ3v) is 4.31. The molecule has 0 bridgehead atoms. The number of esters is 1. The molecule has 1 N–H and O–H groups in total. The number of carbonyl (C=O) groups excluding carboxylic acids is 1. The maximum atomic E-state index is 11.9. The minimum absolute atomic E-state index is 0.0902. The molecule has 0 amide bonds. The molecule has 0 radical (unpaired) electrons. The van der Waals surface area contributed by atoms with Gasteiger partial charge in [-0.1, -0.05) is 50.6 Å². The van der Waals surface area contributed by atoms with Crippen molar-refractivity contribution in [1.29, 1.82) is 0 Å². The Labute approximate surface area is 128 Å². The lowest BCUT2D eigenvalue weighted by Crippen LogP contribution is -2.30. The Balaban J connectivity index is 1.61. The number of hydrogen-bond acceptors (Lipinski definition) is 3. The number of carbonyl (C=O) groups is 1. The van der Waals surface area contributed by atoms with Crippen LogP contribution < -0.4 is 5.32 Å². The Morgan fingerprint density at radius 1 is 1.33 bits per heavy atom.